The number of fused-ring (bicyclic) bond motifs is 1. The van der Waals surface area contributed by atoms with E-state index < -0.39 is 23.6 Å². The average Bonchev–Trinajstić information content (AvgIpc) is 3.32. The second kappa shape index (κ2) is 13.3. The SMILES string of the molecule is COCCn1c(C(=O)Nc2cccc(C(F)(F)F)c2)cc2cc(NC(=O)c3cc(CNC(=O)C(C)C)ccc3Cl)ccc21. The molecule has 0 aliphatic carbocycles. The highest BCUT2D eigenvalue weighted by atomic mass is 35.5. The van der Waals surface area contributed by atoms with Crippen LogP contribution in [0.25, 0.3) is 10.9 Å². The first kappa shape index (κ1) is 31.6. The van der Waals surface area contributed by atoms with Crippen molar-refractivity contribution >= 4 is 51.6 Å². The Morgan fingerprint density at radius 2 is 1.65 bits per heavy atom. The van der Waals surface area contributed by atoms with E-state index in [1.165, 1.54) is 19.2 Å². The minimum absolute atomic E-state index is 0.000735. The zero-order valence-electron chi connectivity index (χ0n) is 23.6. The van der Waals surface area contributed by atoms with E-state index in [0.29, 0.717) is 28.7 Å². The molecule has 0 aliphatic heterocycles. The lowest BCUT2D eigenvalue weighted by molar-refractivity contribution is -0.137. The number of anilines is 2. The van der Waals surface area contributed by atoms with E-state index in [2.05, 4.69) is 16.0 Å². The summed E-state index contributed by atoms with van der Waals surface area (Å²) in [6, 6.07) is 16.0. The monoisotopic (exact) mass is 614 g/mol. The predicted octanol–water partition coefficient (Wildman–Crippen LogP) is 6.74. The van der Waals surface area contributed by atoms with E-state index in [0.717, 1.165) is 12.1 Å². The lowest BCUT2D eigenvalue weighted by Gasteiger charge is -2.13. The Hall–Kier alpha value is -4.35. The molecule has 3 amide bonds. The minimum Gasteiger partial charge on any atom is -0.383 e. The molecule has 43 heavy (non-hydrogen) atoms. The van der Waals surface area contributed by atoms with Gasteiger partial charge in [0, 0.05) is 48.4 Å². The van der Waals surface area contributed by atoms with Gasteiger partial charge in [-0.2, -0.15) is 13.2 Å². The Balaban J connectivity index is 1.58. The molecule has 4 rings (SSSR count). The third-order valence-corrected chi connectivity index (χ3v) is 6.95. The Morgan fingerprint density at radius 3 is 2.35 bits per heavy atom. The van der Waals surface area contributed by atoms with Crippen LogP contribution in [0.3, 0.4) is 0 Å². The van der Waals surface area contributed by atoms with Gasteiger partial charge < -0.3 is 25.3 Å². The molecule has 8 nitrogen and oxygen atoms in total. The highest BCUT2D eigenvalue weighted by Gasteiger charge is 2.30. The molecule has 0 saturated heterocycles. The molecular formula is C31H30ClF3N4O4. The van der Waals surface area contributed by atoms with Gasteiger partial charge in [0.2, 0.25) is 5.91 Å². The molecule has 3 N–H and O–H groups in total. The molecule has 1 heterocycles. The second-order valence-electron chi connectivity index (χ2n) is 10.1. The fourth-order valence-electron chi connectivity index (χ4n) is 4.38. The van der Waals surface area contributed by atoms with Gasteiger partial charge in [-0.15, -0.1) is 0 Å². The lowest BCUT2D eigenvalue weighted by Crippen LogP contribution is -2.27. The van der Waals surface area contributed by atoms with Gasteiger partial charge in [0.25, 0.3) is 11.8 Å². The van der Waals surface area contributed by atoms with Crippen LogP contribution < -0.4 is 16.0 Å². The van der Waals surface area contributed by atoms with Gasteiger partial charge in [-0.25, -0.2) is 0 Å². The van der Waals surface area contributed by atoms with Gasteiger partial charge in [0.05, 0.1) is 22.8 Å². The number of carbonyl (C=O) groups is 3. The van der Waals surface area contributed by atoms with Crippen LogP contribution in [0, 0.1) is 5.92 Å². The number of halogens is 4. The summed E-state index contributed by atoms with van der Waals surface area (Å²) in [5.41, 5.74) is 1.33. The fourth-order valence-corrected chi connectivity index (χ4v) is 4.58. The van der Waals surface area contributed by atoms with E-state index in [-0.39, 0.29) is 46.9 Å². The van der Waals surface area contributed by atoms with Gasteiger partial charge in [-0.3, -0.25) is 14.4 Å². The maximum atomic E-state index is 13.2. The third-order valence-electron chi connectivity index (χ3n) is 6.63. The molecule has 12 heteroatoms. The maximum absolute atomic E-state index is 13.2. The fraction of sp³-hybridized carbons (Fsp3) is 0.258. The third kappa shape index (κ3) is 7.74. The summed E-state index contributed by atoms with van der Waals surface area (Å²) in [7, 11) is 1.51. The number of amides is 3. The molecular weight excluding hydrogens is 585 g/mol. The van der Waals surface area contributed by atoms with Crippen LogP contribution in [0.1, 0.15) is 45.8 Å². The molecule has 0 saturated carbocycles. The van der Waals surface area contributed by atoms with Crippen LogP contribution in [-0.4, -0.2) is 36.0 Å². The Labute approximate surface area is 251 Å². The molecule has 0 spiro atoms. The molecule has 0 fully saturated rings. The number of methoxy groups -OCH3 is 1. The number of aromatic nitrogens is 1. The first-order valence-electron chi connectivity index (χ1n) is 13.4. The summed E-state index contributed by atoms with van der Waals surface area (Å²) < 4.78 is 46.4. The van der Waals surface area contributed by atoms with Crippen molar-refractivity contribution < 1.29 is 32.3 Å². The summed E-state index contributed by atoms with van der Waals surface area (Å²) in [4.78, 5) is 38.3. The molecule has 0 radical (unpaired) electrons. The standard InChI is InChI=1S/C31H30ClF3N4O4/c1-18(2)28(40)36-17-19-7-9-25(32)24(13-19)29(41)37-23-8-10-26-20(14-23)15-27(39(26)11-12-43-3)30(42)38-22-6-4-5-21(16-22)31(33,34)35/h4-10,13-16,18H,11-12,17H2,1-3H3,(H,36,40)(H,37,41)(H,38,42). The number of alkyl halides is 3. The maximum Gasteiger partial charge on any atom is 0.416 e. The number of rotatable bonds is 10. The van der Waals surface area contributed by atoms with Crippen molar-refractivity contribution in [3.63, 3.8) is 0 Å². The predicted molar refractivity (Wildman–Crippen MR) is 159 cm³/mol. The molecule has 4 aromatic rings. The highest BCUT2D eigenvalue weighted by Crippen LogP contribution is 2.31. The largest absolute Gasteiger partial charge is 0.416 e. The van der Waals surface area contributed by atoms with Gasteiger partial charge in [0.15, 0.2) is 0 Å². The molecule has 1 aromatic heterocycles. The topological polar surface area (TPSA) is 101 Å². The minimum atomic E-state index is -4.55. The van der Waals surface area contributed by atoms with Crippen molar-refractivity contribution in [3.8, 4) is 0 Å². The van der Waals surface area contributed by atoms with Gasteiger partial charge in [-0.05, 0) is 60.2 Å². The number of nitrogens with zero attached hydrogens (tertiary/aromatic N) is 1. The van der Waals surface area contributed by atoms with Crippen LogP contribution in [0.5, 0.6) is 0 Å². The summed E-state index contributed by atoms with van der Waals surface area (Å²) >= 11 is 6.30. The van der Waals surface area contributed by atoms with Crippen molar-refractivity contribution in [3.05, 3.63) is 94.1 Å². The van der Waals surface area contributed by atoms with Crippen molar-refractivity contribution in [2.24, 2.45) is 5.92 Å². The quantitative estimate of drug-likeness (QED) is 0.184. The normalized spacial score (nSPS) is 11.5. The van der Waals surface area contributed by atoms with Crippen LogP contribution >= 0.6 is 11.6 Å². The van der Waals surface area contributed by atoms with Crippen molar-refractivity contribution in [1.82, 2.24) is 9.88 Å². The number of hydrogen-bond acceptors (Lipinski definition) is 4. The number of carbonyl (C=O) groups excluding carboxylic acids is 3. The Morgan fingerprint density at radius 1 is 0.930 bits per heavy atom. The van der Waals surface area contributed by atoms with Crippen molar-refractivity contribution in [2.45, 2.75) is 33.1 Å². The number of benzene rings is 3. The lowest BCUT2D eigenvalue weighted by atomic mass is 10.1. The van der Waals surface area contributed by atoms with Crippen molar-refractivity contribution in [1.29, 1.82) is 0 Å². The Kier molecular flexibility index (Phi) is 9.77. The second-order valence-corrected chi connectivity index (χ2v) is 10.5. The van der Waals surface area contributed by atoms with Gasteiger partial charge >= 0.3 is 6.18 Å². The van der Waals surface area contributed by atoms with E-state index in [1.807, 2.05) is 0 Å². The summed E-state index contributed by atoms with van der Waals surface area (Å²) in [5.74, 6) is -1.37. The molecule has 0 unspecified atom stereocenters. The van der Waals surface area contributed by atoms with E-state index in [4.69, 9.17) is 16.3 Å². The van der Waals surface area contributed by atoms with E-state index in [9.17, 15) is 27.6 Å². The smallest absolute Gasteiger partial charge is 0.383 e. The average molecular weight is 615 g/mol. The first-order chi connectivity index (χ1) is 20.4. The summed E-state index contributed by atoms with van der Waals surface area (Å²) in [6.07, 6.45) is -4.55. The van der Waals surface area contributed by atoms with E-state index >= 15 is 0 Å². The zero-order valence-corrected chi connectivity index (χ0v) is 24.4. The molecule has 3 aromatic carbocycles. The summed E-state index contributed by atoms with van der Waals surface area (Å²) in [6.45, 7) is 4.38. The molecule has 0 atom stereocenters. The number of nitrogens with one attached hydrogen (secondary N) is 3. The molecule has 226 valence electrons. The van der Waals surface area contributed by atoms with Crippen LogP contribution in [0.4, 0.5) is 24.5 Å². The molecule has 0 bridgehead atoms. The molecule has 0 aliphatic rings. The zero-order chi connectivity index (χ0) is 31.3. The highest BCUT2D eigenvalue weighted by molar-refractivity contribution is 6.34. The van der Waals surface area contributed by atoms with Crippen LogP contribution in [0.2, 0.25) is 5.02 Å². The van der Waals surface area contributed by atoms with Crippen LogP contribution in [0.15, 0.2) is 66.7 Å². The summed E-state index contributed by atoms with van der Waals surface area (Å²) in [5, 5.41) is 9.00. The van der Waals surface area contributed by atoms with E-state index in [1.54, 1.807) is 60.9 Å². The van der Waals surface area contributed by atoms with Gasteiger partial charge in [-0.1, -0.05) is 37.6 Å². The van der Waals surface area contributed by atoms with Gasteiger partial charge in [0.1, 0.15) is 5.69 Å². The Bertz CT molecular complexity index is 1670. The number of hydrogen-bond donors (Lipinski definition) is 3. The van der Waals surface area contributed by atoms with Crippen LogP contribution in [-0.2, 0) is 28.8 Å². The van der Waals surface area contributed by atoms with Crippen molar-refractivity contribution in [2.75, 3.05) is 24.4 Å². The first-order valence-corrected chi connectivity index (χ1v) is 13.7. The number of ether oxygens (including phenoxy) is 1.